The number of rotatable bonds is 9. The molecule has 3 rings (SSSR count). The third kappa shape index (κ3) is 7.12. The summed E-state index contributed by atoms with van der Waals surface area (Å²) in [6.07, 6.45) is 0.535. The van der Waals surface area contributed by atoms with Crippen LogP contribution in [0.25, 0.3) is 0 Å². The Hall–Kier alpha value is -2.82. The molecular weight excluding hydrogens is 427 g/mol. The van der Waals surface area contributed by atoms with Crippen molar-refractivity contribution in [1.82, 2.24) is 5.32 Å². The zero-order valence-electron chi connectivity index (χ0n) is 17.6. The Morgan fingerprint density at radius 3 is 1.74 bits per heavy atom. The van der Waals surface area contributed by atoms with Crippen LogP contribution in [0.3, 0.4) is 0 Å². The number of hydrogen-bond acceptors (Lipinski definition) is 4. The normalized spacial score (nSPS) is 12.1. The number of para-hydroxylation sites is 3. The Morgan fingerprint density at radius 2 is 1.29 bits per heavy atom. The summed E-state index contributed by atoms with van der Waals surface area (Å²) in [7, 11) is -3.72. The minimum absolute atomic E-state index is 0.226. The van der Waals surface area contributed by atoms with Crippen molar-refractivity contribution in [2.75, 3.05) is 5.32 Å². The van der Waals surface area contributed by atoms with Crippen molar-refractivity contribution >= 4 is 30.6 Å². The number of nitrogens with one attached hydrogen (secondary N) is 2. The molecule has 0 aliphatic heterocycles. The fourth-order valence-corrected chi connectivity index (χ4v) is 5.39. The number of hydrogen-bond donors (Lipinski definition) is 2. The Bertz CT molecular complexity index is 956. The van der Waals surface area contributed by atoms with Crippen LogP contribution in [-0.2, 0) is 4.57 Å². The Kier molecular flexibility index (Phi) is 8.10. The van der Waals surface area contributed by atoms with E-state index in [0.717, 1.165) is 5.69 Å². The van der Waals surface area contributed by atoms with Gasteiger partial charge < -0.3 is 19.7 Å². The molecule has 3 aromatic rings. The van der Waals surface area contributed by atoms with Crippen molar-refractivity contribution in [3.63, 3.8) is 0 Å². The first-order valence-corrected chi connectivity index (χ1v) is 12.2. The van der Waals surface area contributed by atoms with Crippen LogP contribution < -0.4 is 19.7 Å². The van der Waals surface area contributed by atoms with E-state index in [9.17, 15) is 4.57 Å². The molecule has 0 aliphatic rings. The summed E-state index contributed by atoms with van der Waals surface area (Å²) < 4.78 is 26.2. The summed E-state index contributed by atoms with van der Waals surface area (Å²) in [6.45, 7) is 4.11. The van der Waals surface area contributed by atoms with Crippen LogP contribution in [0, 0.1) is 5.92 Å². The third-order valence-corrected chi connectivity index (χ3v) is 6.61. The molecule has 0 unspecified atom stereocenters. The zero-order chi connectivity index (χ0) is 22.1. The summed E-state index contributed by atoms with van der Waals surface area (Å²) in [5.74, 6) is 0.513. The minimum Gasteiger partial charge on any atom is -0.415 e. The molecular formula is C24H27N2O3PS. The molecule has 0 radical (unpaired) electrons. The van der Waals surface area contributed by atoms with Crippen molar-refractivity contribution in [1.29, 1.82) is 0 Å². The molecule has 0 saturated heterocycles. The lowest BCUT2D eigenvalue weighted by atomic mass is 10.1. The van der Waals surface area contributed by atoms with Gasteiger partial charge in [-0.2, -0.15) is 0 Å². The minimum atomic E-state index is -3.72. The van der Waals surface area contributed by atoms with Gasteiger partial charge in [-0.1, -0.05) is 68.4 Å². The smallest absolute Gasteiger partial charge is 0.415 e. The molecule has 31 heavy (non-hydrogen) atoms. The number of benzene rings is 3. The zero-order valence-corrected chi connectivity index (χ0v) is 19.3. The standard InChI is InChI=1S/C24H27N2O3PS/c1-19(2)18-23(26-24(31)25-20-12-6-3-7-13-20)30(27,28-21-14-8-4-9-15-21)29-22-16-10-5-11-17-22/h3-17,19,23H,18H2,1-2H3,(H2,25,26,31)/t23-/m0/s1. The highest BCUT2D eigenvalue weighted by molar-refractivity contribution is 7.80. The van der Waals surface area contributed by atoms with E-state index in [1.54, 1.807) is 24.3 Å². The van der Waals surface area contributed by atoms with E-state index < -0.39 is 13.4 Å². The van der Waals surface area contributed by atoms with Gasteiger partial charge in [0.05, 0.1) is 0 Å². The molecule has 3 aromatic carbocycles. The van der Waals surface area contributed by atoms with Gasteiger partial charge in [-0.05, 0) is 61.0 Å². The molecule has 0 saturated carbocycles. The van der Waals surface area contributed by atoms with Crippen LogP contribution in [0.15, 0.2) is 91.0 Å². The average Bonchev–Trinajstić information content (AvgIpc) is 2.75. The predicted molar refractivity (Wildman–Crippen MR) is 131 cm³/mol. The summed E-state index contributed by atoms with van der Waals surface area (Å²) in [4.78, 5) is 0. The van der Waals surface area contributed by atoms with Crippen molar-refractivity contribution in [3.05, 3.63) is 91.0 Å². The first-order chi connectivity index (χ1) is 14.9. The molecule has 0 bridgehead atoms. The van der Waals surface area contributed by atoms with Gasteiger partial charge in [0, 0.05) is 5.69 Å². The molecule has 0 aromatic heterocycles. The van der Waals surface area contributed by atoms with Crippen molar-refractivity contribution < 1.29 is 13.6 Å². The highest BCUT2D eigenvalue weighted by Crippen LogP contribution is 2.53. The van der Waals surface area contributed by atoms with E-state index in [1.807, 2.05) is 66.7 Å². The maximum Gasteiger partial charge on any atom is 0.452 e. The Morgan fingerprint density at radius 1 is 0.839 bits per heavy atom. The Balaban J connectivity index is 1.88. The van der Waals surface area contributed by atoms with Crippen LogP contribution in [0.4, 0.5) is 5.69 Å². The average molecular weight is 455 g/mol. The first kappa shape index (κ1) is 22.9. The number of anilines is 1. The molecule has 0 spiro atoms. The van der Waals surface area contributed by atoms with Gasteiger partial charge in [-0.15, -0.1) is 0 Å². The van der Waals surface area contributed by atoms with Crippen LogP contribution in [0.5, 0.6) is 11.5 Å². The van der Waals surface area contributed by atoms with E-state index in [1.165, 1.54) is 0 Å². The molecule has 1 atom stereocenters. The maximum absolute atomic E-state index is 14.2. The molecule has 0 amide bonds. The van der Waals surface area contributed by atoms with E-state index in [2.05, 4.69) is 24.5 Å². The van der Waals surface area contributed by atoms with Crippen molar-refractivity contribution in [2.45, 2.75) is 26.1 Å². The van der Waals surface area contributed by atoms with Crippen LogP contribution in [0.2, 0.25) is 0 Å². The predicted octanol–water partition coefficient (Wildman–Crippen LogP) is 6.70. The van der Waals surface area contributed by atoms with Gasteiger partial charge in [-0.3, -0.25) is 0 Å². The van der Waals surface area contributed by atoms with Gasteiger partial charge in [-0.25, -0.2) is 4.57 Å². The van der Waals surface area contributed by atoms with Crippen LogP contribution in [0.1, 0.15) is 20.3 Å². The molecule has 7 heteroatoms. The molecule has 0 aliphatic carbocycles. The largest absolute Gasteiger partial charge is 0.452 e. The van der Waals surface area contributed by atoms with E-state index in [-0.39, 0.29) is 5.92 Å². The molecule has 0 fully saturated rings. The maximum atomic E-state index is 14.2. The highest BCUT2D eigenvalue weighted by atomic mass is 32.1. The van der Waals surface area contributed by atoms with Gasteiger partial charge in [0.15, 0.2) is 10.9 Å². The lowest BCUT2D eigenvalue weighted by Gasteiger charge is -2.30. The first-order valence-electron chi connectivity index (χ1n) is 10.2. The SMILES string of the molecule is CC(C)C[C@@H](NC(=S)Nc1ccccc1)P(=O)(Oc1ccccc1)Oc1ccccc1. The fraction of sp³-hybridized carbons (Fsp3) is 0.208. The quantitative estimate of drug-likeness (QED) is 0.277. The summed E-state index contributed by atoms with van der Waals surface area (Å²) in [6, 6.07) is 27.7. The fourth-order valence-electron chi connectivity index (χ4n) is 2.96. The summed E-state index contributed by atoms with van der Waals surface area (Å²) >= 11 is 5.51. The van der Waals surface area contributed by atoms with Crippen molar-refractivity contribution in [2.24, 2.45) is 5.92 Å². The molecule has 2 N–H and O–H groups in total. The molecule has 0 heterocycles. The van der Waals surface area contributed by atoms with Gasteiger partial charge in [0.1, 0.15) is 11.5 Å². The second-order valence-corrected chi connectivity index (χ2v) is 9.93. The second kappa shape index (κ2) is 11.0. The van der Waals surface area contributed by atoms with Gasteiger partial charge >= 0.3 is 7.60 Å². The van der Waals surface area contributed by atoms with Crippen molar-refractivity contribution in [3.8, 4) is 11.5 Å². The number of thiocarbonyl (C=S) groups is 1. The van der Waals surface area contributed by atoms with Gasteiger partial charge in [0.2, 0.25) is 0 Å². The van der Waals surface area contributed by atoms with E-state index in [4.69, 9.17) is 21.3 Å². The monoisotopic (exact) mass is 454 g/mol. The van der Waals surface area contributed by atoms with Crippen LogP contribution >= 0.6 is 19.8 Å². The summed E-state index contributed by atoms with van der Waals surface area (Å²) in [5, 5.41) is 6.67. The summed E-state index contributed by atoms with van der Waals surface area (Å²) in [5.41, 5.74) is 0.839. The Labute approximate surface area is 189 Å². The second-order valence-electron chi connectivity index (χ2n) is 7.46. The van der Waals surface area contributed by atoms with E-state index in [0.29, 0.717) is 23.0 Å². The van der Waals surface area contributed by atoms with Crippen LogP contribution in [-0.4, -0.2) is 10.9 Å². The highest BCUT2D eigenvalue weighted by Gasteiger charge is 2.40. The topological polar surface area (TPSA) is 59.6 Å². The lowest BCUT2D eigenvalue weighted by Crippen LogP contribution is -2.40. The molecule has 5 nitrogen and oxygen atoms in total. The third-order valence-electron chi connectivity index (χ3n) is 4.36. The van der Waals surface area contributed by atoms with Gasteiger partial charge in [0.25, 0.3) is 0 Å². The lowest BCUT2D eigenvalue weighted by molar-refractivity contribution is 0.355. The van der Waals surface area contributed by atoms with E-state index >= 15 is 0 Å². The molecule has 162 valence electrons.